The Hall–Kier alpha value is -1.26. The van der Waals surface area contributed by atoms with Crippen molar-refractivity contribution in [3.8, 4) is 0 Å². The molecule has 1 aromatic heterocycles. The maximum atomic E-state index is 12.4. The Morgan fingerprint density at radius 1 is 1.08 bits per heavy atom. The zero-order valence-electron chi connectivity index (χ0n) is 6.86. The molecule has 0 aliphatic carbocycles. The highest BCUT2D eigenvalue weighted by Gasteiger charge is 2.12. The lowest BCUT2D eigenvalue weighted by atomic mass is 10.1. The molecule has 1 aromatic rings. The Labute approximate surface area is 73.6 Å². The van der Waals surface area contributed by atoms with Gasteiger partial charge in [-0.15, -0.1) is 0 Å². The summed E-state index contributed by atoms with van der Waals surface area (Å²) in [5.41, 5.74) is 5.29. The smallest absolute Gasteiger partial charge is 0.129 e. The van der Waals surface area contributed by atoms with Crippen LogP contribution in [0.1, 0.15) is 16.7 Å². The van der Waals surface area contributed by atoms with Crippen LogP contribution < -0.4 is 5.73 Å². The summed E-state index contributed by atoms with van der Waals surface area (Å²) in [5.74, 6) is -0.0765. The molecule has 0 aliphatic heterocycles. The number of alkyl halides is 3. The second kappa shape index (κ2) is 4.11. The average molecular weight is 190 g/mol. The number of hydrogen-bond acceptors (Lipinski definition) is 2. The molecule has 5 heteroatoms. The normalized spacial score (nSPS) is 10.4. The van der Waals surface area contributed by atoms with Gasteiger partial charge in [-0.05, 0) is 5.56 Å². The van der Waals surface area contributed by atoms with E-state index >= 15 is 0 Å². The molecule has 0 saturated carbocycles. The Kier molecular flexibility index (Phi) is 3.11. The van der Waals surface area contributed by atoms with Crippen LogP contribution in [0.25, 0.3) is 0 Å². The molecule has 0 radical (unpaired) electrons. The van der Waals surface area contributed by atoms with Gasteiger partial charge in [0.2, 0.25) is 0 Å². The first kappa shape index (κ1) is 9.83. The topological polar surface area (TPSA) is 38.9 Å². The van der Waals surface area contributed by atoms with Crippen molar-refractivity contribution in [2.45, 2.75) is 20.0 Å². The van der Waals surface area contributed by atoms with Crippen molar-refractivity contribution in [1.29, 1.82) is 0 Å². The molecule has 2 N–H and O–H groups in total. The largest absolute Gasteiger partial charge is 0.383 e. The van der Waals surface area contributed by atoms with Crippen LogP contribution in [0.15, 0.2) is 6.20 Å². The lowest BCUT2D eigenvalue weighted by Crippen LogP contribution is -2.04. The van der Waals surface area contributed by atoms with Crippen LogP contribution in [-0.2, 0) is 20.0 Å². The number of rotatable bonds is 3. The van der Waals surface area contributed by atoms with E-state index in [2.05, 4.69) is 4.98 Å². The Morgan fingerprint density at radius 3 is 2.15 bits per heavy atom. The number of nitrogen functional groups attached to an aromatic ring is 1. The van der Waals surface area contributed by atoms with Gasteiger partial charge in [0.1, 0.15) is 25.8 Å². The molecule has 0 aliphatic rings. The molecular formula is C8H9F3N2. The van der Waals surface area contributed by atoms with Gasteiger partial charge in [-0.25, -0.2) is 18.2 Å². The quantitative estimate of drug-likeness (QED) is 0.792. The molecule has 1 heterocycles. The second-order valence-electron chi connectivity index (χ2n) is 2.53. The van der Waals surface area contributed by atoms with E-state index in [-0.39, 0.29) is 22.5 Å². The summed E-state index contributed by atoms with van der Waals surface area (Å²) in [7, 11) is 0. The van der Waals surface area contributed by atoms with Crippen molar-refractivity contribution in [2.75, 3.05) is 5.73 Å². The molecule has 0 saturated heterocycles. The molecule has 2 nitrogen and oxygen atoms in total. The van der Waals surface area contributed by atoms with Crippen molar-refractivity contribution in [1.82, 2.24) is 4.98 Å². The van der Waals surface area contributed by atoms with E-state index < -0.39 is 20.0 Å². The standard InChI is InChI=1S/C8H9F3N2/c9-1-5-4-13-8(12)7(3-11)6(5)2-10/h4H,1-3H2,(H2,12,13). The highest BCUT2D eigenvalue weighted by atomic mass is 19.1. The summed E-state index contributed by atoms with van der Waals surface area (Å²) in [6.07, 6.45) is 1.13. The van der Waals surface area contributed by atoms with Crippen molar-refractivity contribution in [3.05, 3.63) is 22.9 Å². The van der Waals surface area contributed by atoms with Crippen LogP contribution in [0.5, 0.6) is 0 Å². The highest BCUT2D eigenvalue weighted by molar-refractivity contribution is 5.47. The van der Waals surface area contributed by atoms with Gasteiger partial charge in [-0.2, -0.15) is 0 Å². The zero-order chi connectivity index (χ0) is 9.84. The number of pyridine rings is 1. The van der Waals surface area contributed by atoms with Crippen LogP contribution in [0.3, 0.4) is 0 Å². The lowest BCUT2D eigenvalue weighted by Gasteiger charge is -2.08. The lowest BCUT2D eigenvalue weighted by molar-refractivity contribution is 0.436. The van der Waals surface area contributed by atoms with Gasteiger partial charge in [-0.3, -0.25) is 0 Å². The molecule has 0 spiro atoms. The summed E-state index contributed by atoms with van der Waals surface area (Å²) < 4.78 is 37.0. The minimum absolute atomic E-state index is 0.0162. The molecule has 0 bridgehead atoms. The molecule has 1 rings (SSSR count). The monoisotopic (exact) mass is 190 g/mol. The third-order valence-corrected chi connectivity index (χ3v) is 1.83. The first-order valence-corrected chi connectivity index (χ1v) is 3.67. The summed E-state index contributed by atoms with van der Waals surface area (Å²) >= 11 is 0. The first-order valence-electron chi connectivity index (χ1n) is 3.67. The van der Waals surface area contributed by atoms with Gasteiger partial charge < -0.3 is 5.73 Å². The van der Waals surface area contributed by atoms with Crippen molar-refractivity contribution < 1.29 is 13.2 Å². The average Bonchev–Trinajstić information content (AvgIpc) is 2.17. The van der Waals surface area contributed by atoms with E-state index in [1.807, 2.05) is 0 Å². The molecule has 13 heavy (non-hydrogen) atoms. The predicted octanol–water partition coefficient (Wildman–Crippen LogP) is 2.07. The molecule has 0 aromatic carbocycles. The molecule has 0 fully saturated rings. The van der Waals surface area contributed by atoms with Crippen LogP contribution in [0.4, 0.5) is 19.0 Å². The van der Waals surface area contributed by atoms with Crippen LogP contribution in [0, 0.1) is 0 Å². The molecule has 72 valence electrons. The zero-order valence-corrected chi connectivity index (χ0v) is 6.86. The second-order valence-corrected chi connectivity index (χ2v) is 2.53. The maximum Gasteiger partial charge on any atom is 0.129 e. The summed E-state index contributed by atoms with van der Waals surface area (Å²) in [4.78, 5) is 3.56. The van der Waals surface area contributed by atoms with E-state index in [1.54, 1.807) is 0 Å². The Morgan fingerprint density at radius 2 is 1.69 bits per heavy atom. The maximum absolute atomic E-state index is 12.4. The summed E-state index contributed by atoms with van der Waals surface area (Å²) in [6, 6.07) is 0. The van der Waals surface area contributed by atoms with Gasteiger partial charge in [0, 0.05) is 17.3 Å². The van der Waals surface area contributed by atoms with Crippen molar-refractivity contribution in [2.24, 2.45) is 0 Å². The van der Waals surface area contributed by atoms with Crippen LogP contribution in [-0.4, -0.2) is 4.98 Å². The summed E-state index contributed by atoms with van der Waals surface area (Å²) in [6.45, 7) is -2.71. The Bertz CT molecular complexity index is 302. The van der Waals surface area contributed by atoms with Crippen LogP contribution in [0.2, 0.25) is 0 Å². The third-order valence-electron chi connectivity index (χ3n) is 1.83. The first-order chi connectivity index (χ1) is 6.24. The predicted molar refractivity (Wildman–Crippen MR) is 43.1 cm³/mol. The van der Waals surface area contributed by atoms with E-state index in [1.165, 1.54) is 0 Å². The number of nitrogens with zero attached hydrogens (tertiary/aromatic N) is 1. The van der Waals surface area contributed by atoms with E-state index in [0.29, 0.717) is 0 Å². The van der Waals surface area contributed by atoms with Gasteiger partial charge in [0.15, 0.2) is 0 Å². The molecule has 0 amide bonds. The fraction of sp³-hybridized carbons (Fsp3) is 0.375. The number of hydrogen-bond donors (Lipinski definition) is 1. The SMILES string of the molecule is Nc1ncc(CF)c(CF)c1CF. The molecule has 0 atom stereocenters. The fourth-order valence-electron chi connectivity index (χ4n) is 1.08. The summed E-state index contributed by atoms with van der Waals surface area (Å²) in [5, 5.41) is 0. The Balaban J connectivity index is 3.27. The minimum atomic E-state index is -0.925. The van der Waals surface area contributed by atoms with Crippen molar-refractivity contribution in [3.63, 3.8) is 0 Å². The number of nitrogens with two attached hydrogens (primary N) is 1. The van der Waals surface area contributed by atoms with Gasteiger partial charge in [0.05, 0.1) is 0 Å². The van der Waals surface area contributed by atoms with E-state index in [0.717, 1.165) is 6.20 Å². The van der Waals surface area contributed by atoms with Crippen molar-refractivity contribution >= 4 is 5.82 Å². The third kappa shape index (κ3) is 1.74. The highest BCUT2D eigenvalue weighted by Crippen LogP contribution is 2.21. The van der Waals surface area contributed by atoms with Gasteiger partial charge in [-0.1, -0.05) is 0 Å². The minimum Gasteiger partial charge on any atom is -0.383 e. The van der Waals surface area contributed by atoms with Gasteiger partial charge in [0.25, 0.3) is 0 Å². The van der Waals surface area contributed by atoms with E-state index in [4.69, 9.17) is 5.73 Å². The van der Waals surface area contributed by atoms with Crippen LogP contribution >= 0.6 is 0 Å². The molecule has 0 unspecified atom stereocenters. The number of anilines is 1. The van der Waals surface area contributed by atoms with Gasteiger partial charge >= 0.3 is 0 Å². The fourth-order valence-corrected chi connectivity index (χ4v) is 1.08. The van der Waals surface area contributed by atoms with E-state index in [9.17, 15) is 13.2 Å². The number of aromatic nitrogens is 1. The number of halogens is 3. The molecular weight excluding hydrogens is 181 g/mol.